The van der Waals surface area contributed by atoms with Gasteiger partial charge in [-0.05, 0) is 24.0 Å². The number of hydrogen-bond acceptors (Lipinski definition) is 5. The van der Waals surface area contributed by atoms with Crippen molar-refractivity contribution in [2.75, 3.05) is 11.6 Å². The molecule has 0 atom stereocenters. The highest BCUT2D eigenvalue weighted by Crippen LogP contribution is 2.19. The number of benzene rings is 1. The van der Waals surface area contributed by atoms with Crippen LogP contribution in [-0.4, -0.2) is 22.4 Å². The van der Waals surface area contributed by atoms with E-state index in [-0.39, 0.29) is 11.9 Å². The van der Waals surface area contributed by atoms with Gasteiger partial charge in [0.15, 0.2) is 0 Å². The first-order valence-electron chi connectivity index (χ1n) is 6.65. The van der Waals surface area contributed by atoms with Crippen LogP contribution in [0.15, 0.2) is 33.6 Å². The molecule has 21 heavy (non-hydrogen) atoms. The summed E-state index contributed by atoms with van der Waals surface area (Å²) in [7, 11) is 0. The average molecular weight is 305 g/mol. The highest BCUT2D eigenvalue weighted by atomic mass is 32.2. The van der Waals surface area contributed by atoms with Crippen LogP contribution < -0.4 is 5.32 Å². The fourth-order valence-electron chi connectivity index (χ4n) is 1.58. The lowest BCUT2D eigenvalue weighted by Gasteiger charge is -2.15. The normalized spacial score (nSPS) is 11.4. The van der Waals surface area contributed by atoms with Gasteiger partial charge in [-0.15, -0.1) is 16.9 Å². The first-order chi connectivity index (χ1) is 9.88. The lowest BCUT2D eigenvalue weighted by Crippen LogP contribution is -2.27. The van der Waals surface area contributed by atoms with Gasteiger partial charge in [-0.25, -0.2) is 0 Å². The monoisotopic (exact) mass is 305 g/mol. The number of aromatic nitrogens is 2. The molecule has 0 unspecified atom stereocenters. The summed E-state index contributed by atoms with van der Waals surface area (Å²) in [5.74, 6) is 0.332. The second-order valence-electron chi connectivity index (χ2n) is 5.73. The van der Waals surface area contributed by atoms with Crippen LogP contribution >= 0.6 is 11.8 Å². The number of rotatable bonds is 4. The van der Waals surface area contributed by atoms with E-state index in [9.17, 15) is 4.79 Å². The molecule has 0 saturated heterocycles. The second-order valence-corrected chi connectivity index (χ2v) is 6.61. The van der Waals surface area contributed by atoms with Gasteiger partial charge in [0.2, 0.25) is 11.8 Å². The lowest BCUT2D eigenvalue weighted by molar-refractivity contribution is -0.123. The van der Waals surface area contributed by atoms with E-state index in [0.29, 0.717) is 12.3 Å². The molecule has 0 fully saturated rings. The molecule has 0 spiro atoms. The van der Waals surface area contributed by atoms with Gasteiger partial charge in [0.25, 0.3) is 0 Å². The van der Waals surface area contributed by atoms with E-state index >= 15 is 0 Å². The Bertz CT molecular complexity index is 615. The average Bonchev–Trinajstić information content (AvgIpc) is 2.86. The lowest BCUT2D eigenvalue weighted by atomic mass is 9.96. The van der Waals surface area contributed by atoms with Crippen LogP contribution in [0, 0.1) is 5.41 Å². The number of hydrogen-bond donors (Lipinski definition) is 1. The van der Waals surface area contributed by atoms with Crippen LogP contribution in [0.3, 0.4) is 0 Å². The van der Waals surface area contributed by atoms with Crippen molar-refractivity contribution in [2.24, 2.45) is 5.41 Å². The second kappa shape index (κ2) is 6.30. The number of anilines is 1. The molecular formula is C15H19N3O2S. The van der Waals surface area contributed by atoms with E-state index in [1.54, 1.807) is 11.8 Å². The summed E-state index contributed by atoms with van der Waals surface area (Å²) in [6, 6.07) is 8.31. The molecule has 1 heterocycles. The van der Waals surface area contributed by atoms with E-state index in [0.717, 1.165) is 5.56 Å². The summed E-state index contributed by atoms with van der Waals surface area (Å²) in [6.45, 7) is 5.48. The number of amides is 1. The highest BCUT2D eigenvalue weighted by molar-refractivity contribution is 7.98. The maximum absolute atomic E-state index is 11.8. The summed E-state index contributed by atoms with van der Waals surface area (Å²) >= 11 is 1.70. The van der Waals surface area contributed by atoms with Gasteiger partial charge < -0.3 is 4.42 Å². The molecule has 0 aliphatic carbocycles. The Morgan fingerprint density at radius 1 is 1.24 bits per heavy atom. The molecule has 6 heteroatoms. The van der Waals surface area contributed by atoms with Gasteiger partial charge in [0, 0.05) is 10.3 Å². The molecule has 1 amide bonds. The third-order valence-electron chi connectivity index (χ3n) is 2.88. The van der Waals surface area contributed by atoms with Crippen molar-refractivity contribution in [1.29, 1.82) is 0 Å². The van der Waals surface area contributed by atoms with Crippen LogP contribution in [0.4, 0.5) is 6.01 Å². The minimum atomic E-state index is -0.498. The molecule has 0 aliphatic rings. The zero-order valence-corrected chi connectivity index (χ0v) is 13.5. The standard InChI is InChI=1S/C15H19N3O2S/c1-15(2,3)13(19)16-14-18-17-12(20-14)9-10-5-7-11(21-4)8-6-10/h5-8H,9H2,1-4H3,(H,16,18,19). The van der Waals surface area contributed by atoms with E-state index < -0.39 is 5.41 Å². The zero-order valence-electron chi connectivity index (χ0n) is 12.6. The van der Waals surface area contributed by atoms with Gasteiger partial charge in [-0.2, -0.15) is 0 Å². The van der Waals surface area contributed by atoms with E-state index in [2.05, 4.69) is 27.6 Å². The SMILES string of the molecule is CSc1ccc(Cc2nnc(NC(=O)C(C)(C)C)o2)cc1. The molecule has 2 rings (SSSR count). The molecule has 1 aromatic carbocycles. The van der Waals surface area contributed by atoms with Crippen LogP contribution in [0.1, 0.15) is 32.2 Å². The van der Waals surface area contributed by atoms with Crippen molar-refractivity contribution in [1.82, 2.24) is 10.2 Å². The smallest absolute Gasteiger partial charge is 0.322 e. The molecule has 5 nitrogen and oxygen atoms in total. The molecule has 112 valence electrons. The van der Waals surface area contributed by atoms with Gasteiger partial charge in [0.1, 0.15) is 0 Å². The number of nitrogens with zero attached hydrogens (tertiary/aromatic N) is 2. The van der Waals surface area contributed by atoms with Crippen molar-refractivity contribution in [3.63, 3.8) is 0 Å². The van der Waals surface area contributed by atoms with Crippen LogP contribution in [-0.2, 0) is 11.2 Å². The number of carbonyl (C=O) groups excluding carboxylic acids is 1. The Labute approximate surface area is 128 Å². The first kappa shape index (κ1) is 15.6. The summed E-state index contributed by atoms with van der Waals surface area (Å²) < 4.78 is 5.45. The van der Waals surface area contributed by atoms with Crippen molar-refractivity contribution >= 4 is 23.7 Å². The fourth-order valence-corrected chi connectivity index (χ4v) is 1.99. The minimum absolute atomic E-state index is 0.144. The number of thioether (sulfide) groups is 1. The molecular weight excluding hydrogens is 286 g/mol. The summed E-state index contributed by atoms with van der Waals surface area (Å²) in [5, 5.41) is 10.4. The third kappa shape index (κ3) is 4.32. The Morgan fingerprint density at radius 2 is 1.90 bits per heavy atom. The summed E-state index contributed by atoms with van der Waals surface area (Å²) in [5.41, 5.74) is 0.590. The maximum Gasteiger partial charge on any atom is 0.322 e. The predicted octanol–water partition coefficient (Wildman–Crippen LogP) is 3.37. The van der Waals surface area contributed by atoms with E-state index in [4.69, 9.17) is 4.42 Å². The van der Waals surface area contributed by atoms with Crippen molar-refractivity contribution < 1.29 is 9.21 Å². The van der Waals surface area contributed by atoms with Gasteiger partial charge in [-0.1, -0.05) is 38.0 Å². The minimum Gasteiger partial charge on any atom is -0.407 e. The highest BCUT2D eigenvalue weighted by Gasteiger charge is 2.23. The van der Waals surface area contributed by atoms with Crippen LogP contribution in [0.5, 0.6) is 0 Å². The number of nitrogens with one attached hydrogen (secondary N) is 1. The van der Waals surface area contributed by atoms with E-state index in [1.807, 2.05) is 39.2 Å². The van der Waals surface area contributed by atoms with Gasteiger partial charge in [0.05, 0.1) is 6.42 Å². The topological polar surface area (TPSA) is 68.0 Å². The van der Waals surface area contributed by atoms with Crippen molar-refractivity contribution in [2.45, 2.75) is 32.1 Å². The fraction of sp³-hybridized carbons (Fsp3) is 0.400. The molecule has 2 aromatic rings. The van der Waals surface area contributed by atoms with Crippen molar-refractivity contribution in [3.8, 4) is 0 Å². The van der Waals surface area contributed by atoms with Crippen LogP contribution in [0.2, 0.25) is 0 Å². The third-order valence-corrected chi connectivity index (χ3v) is 3.63. The van der Waals surface area contributed by atoms with Gasteiger partial charge in [-0.3, -0.25) is 10.1 Å². The molecule has 0 saturated carbocycles. The van der Waals surface area contributed by atoms with E-state index in [1.165, 1.54) is 4.90 Å². The predicted molar refractivity (Wildman–Crippen MR) is 83.4 cm³/mol. The van der Waals surface area contributed by atoms with Gasteiger partial charge >= 0.3 is 6.01 Å². The molecule has 0 bridgehead atoms. The molecule has 1 N–H and O–H groups in total. The Morgan fingerprint density at radius 3 is 2.48 bits per heavy atom. The molecule has 0 radical (unpaired) electrons. The molecule has 1 aromatic heterocycles. The Kier molecular flexibility index (Phi) is 4.67. The Balaban J connectivity index is 2.01. The van der Waals surface area contributed by atoms with Crippen molar-refractivity contribution in [3.05, 3.63) is 35.7 Å². The largest absolute Gasteiger partial charge is 0.407 e. The maximum atomic E-state index is 11.8. The summed E-state index contributed by atoms with van der Waals surface area (Å²) in [4.78, 5) is 13.0. The first-order valence-corrected chi connectivity index (χ1v) is 7.88. The Hall–Kier alpha value is -1.82. The quantitative estimate of drug-likeness (QED) is 0.877. The number of carbonyl (C=O) groups is 1. The van der Waals surface area contributed by atoms with Crippen LogP contribution in [0.25, 0.3) is 0 Å². The summed E-state index contributed by atoms with van der Waals surface area (Å²) in [6.07, 6.45) is 2.59. The zero-order chi connectivity index (χ0) is 15.5. The molecule has 0 aliphatic heterocycles.